The lowest BCUT2D eigenvalue weighted by Gasteiger charge is -2.12. The van der Waals surface area contributed by atoms with Crippen LogP contribution in [0.15, 0.2) is 53.4 Å². The summed E-state index contributed by atoms with van der Waals surface area (Å²) in [4.78, 5) is 0.318. The average molecular weight is 310 g/mol. The summed E-state index contributed by atoms with van der Waals surface area (Å²) >= 11 is 5.80. The molecule has 0 aliphatic heterocycles. The van der Waals surface area contributed by atoms with Gasteiger partial charge in [0.25, 0.3) is 0 Å². The lowest BCUT2D eigenvalue weighted by atomic mass is 10.2. The fourth-order valence-corrected chi connectivity index (χ4v) is 3.10. The first-order valence-corrected chi connectivity index (χ1v) is 8.49. The van der Waals surface area contributed by atoms with Crippen LogP contribution in [0.4, 0.5) is 11.4 Å². The van der Waals surface area contributed by atoms with Crippen LogP contribution in [0.1, 0.15) is 12.5 Å². The second kappa shape index (κ2) is 6.29. The van der Waals surface area contributed by atoms with Crippen LogP contribution in [0.5, 0.6) is 0 Å². The molecule has 0 unspecified atom stereocenters. The van der Waals surface area contributed by atoms with Crippen LogP contribution in [0.2, 0.25) is 0 Å². The summed E-state index contributed by atoms with van der Waals surface area (Å²) in [5, 5.41) is 3.15. The fraction of sp³-hybridized carbons (Fsp3) is 0.200. The van der Waals surface area contributed by atoms with Crippen molar-refractivity contribution >= 4 is 32.8 Å². The third-order valence-corrected chi connectivity index (χ3v) is 5.06. The summed E-state index contributed by atoms with van der Waals surface area (Å²) in [6, 6.07) is 14.5. The quantitative estimate of drug-likeness (QED) is 0.850. The third-order valence-electron chi connectivity index (χ3n) is 2.96. The van der Waals surface area contributed by atoms with E-state index in [0.29, 0.717) is 16.5 Å². The lowest BCUT2D eigenvalue weighted by molar-refractivity contribution is 0.597. The van der Waals surface area contributed by atoms with Gasteiger partial charge in [-0.2, -0.15) is 0 Å². The SMILES string of the molecule is CCS(=O)(=O)c1ccccc1Nc1cccc(CCl)c1. The van der Waals surface area contributed by atoms with Crippen LogP contribution in [-0.4, -0.2) is 14.2 Å². The summed E-state index contributed by atoms with van der Waals surface area (Å²) in [5.41, 5.74) is 2.38. The van der Waals surface area contributed by atoms with E-state index >= 15 is 0 Å². The van der Waals surface area contributed by atoms with Gasteiger partial charge < -0.3 is 5.32 Å². The van der Waals surface area contributed by atoms with Crippen LogP contribution in [0.3, 0.4) is 0 Å². The Morgan fingerprint density at radius 1 is 1.10 bits per heavy atom. The Kier molecular flexibility index (Phi) is 4.68. The molecule has 0 spiro atoms. The first-order chi connectivity index (χ1) is 9.56. The highest BCUT2D eigenvalue weighted by Crippen LogP contribution is 2.26. The molecule has 2 aromatic rings. The van der Waals surface area contributed by atoms with E-state index in [-0.39, 0.29) is 5.75 Å². The molecule has 0 fully saturated rings. The molecule has 106 valence electrons. The molecule has 0 aromatic heterocycles. The Hall–Kier alpha value is -1.52. The molecule has 20 heavy (non-hydrogen) atoms. The van der Waals surface area contributed by atoms with E-state index in [0.717, 1.165) is 11.3 Å². The summed E-state index contributed by atoms with van der Waals surface area (Å²) in [6.07, 6.45) is 0. The molecule has 5 heteroatoms. The van der Waals surface area contributed by atoms with E-state index in [9.17, 15) is 8.42 Å². The van der Waals surface area contributed by atoms with Gasteiger partial charge >= 0.3 is 0 Å². The molecule has 0 atom stereocenters. The van der Waals surface area contributed by atoms with Gasteiger partial charge in [0.1, 0.15) is 0 Å². The van der Waals surface area contributed by atoms with Gasteiger partial charge in [0.2, 0.25) is 0 Å². The minimum absolute atomic E-state index is 0.0768. The van der Waals surface area contributed by atoms with Crippen molar-refractivity contribution in [2.75, 3.05) is 11.1 Å². The van der Waals surface area contributed by atoms with Crippen molar-refractivity contribution in [3.63, 3.8) is 0 Å². The van der Waals surface area contributed by atoms with Gasteiger partial charge in [0.05, 0.1) is 16.3 Å². The Labute approximate surface area is 124 Å². The molecule has 1 N–H and O–H groups in total. The number of hydrogen-bond donors (Lipinski definition) is 1. The number of anilines is 2. The summed E-state index contributed by atoms with van der Waals surface area (Å²) in [7, 11) is -3.25. The number of hydrogen-bond acceptors (Lipinski definition) is 3. The van der Waals surface area contributed by atoms with Crippen LogP contribution in [0, 0.1) is 0 Å². The fourth-order valence-electron chi connectivity index (χ4n) is 1.88. The van der Waals surface area contributed by atoms with Crippen molar-refractivity contribution in [3.8, 4) is 0 Å². The van der Waals surface area contributed by atoms with Crippen molar-refractivity contribution in [1.29, 1.82) is 0 Å². The molecule has 0 amide bonds. The number of para-hydroxylation sites is 1. The van der Waals surface area contributed by atoms with E-state index in [4.69, 9.17) is 11.6 Å². The lowest BCUT2D eigenvalue weighted by Crippen LogP contribution is -2.07. The standard InChI is InChI=1S/C15H16ClNO2S/c1-2-20(18,19)15-9-4-3-8-14(15)17-13-7-5-6-12(10-13)11-16/h3-10,17H,2,11H2,1H3. The molecular formula is C15H16ClNO2S. The van der Waals surface area contributed by atoms with Crippen LogP contribution >= 0.6 is 11.6 Å². The summed E-state index contributed by atoms with van der Waals surface area (Å²) in [5.74, 6) is 0.498. The minimum Gasteiger partial charge on any atom is -0.354 e. The third kappa shape index (κ3) is 3.32. The van der Waals surface area contributed by atoms with Crippen molar-refractivity contribution < 1.29 is 8.42 Å². The number of nitrogens with one attached hydrogen (secondary N) is 1. The topological polar surface area (TPSA) is 46.2 Å². The Bertz CT molecular complexity index is 699. The molecule has 3 nitrogen and oxygen atoms in total. The van der Waals surface area contributed by atoms with Gasteiger partial charge in [-0.25, -0.2) is 8.42 Å². The van der Waals surface area contributed by atoms with Crippen molar-refractivity contribution in [1.82, 2.24) is 0 Å². The van der Waals surface area contributed by atoms with Crippen LogP contribution < -0.4 is 5.32 Å². The maximum absolute atomic E-state index is 12.1. The summed E-state index contributed by atoms with van der Waals surface area (Å²) < 4.78 is 24.1. The zero-order valence-electron chi connectivity index (χ0n) is 11.1. The number of alkyl halides is 1. The van der Waals surface area contributed by atoms with Crippen molar-refractivity contribution in [2.45, 2.75) is 17.7 Å². The highest BCUT2D eigenvalue weighted by atomic mass is 35.5. The minimum atomic E-state index is -3.25. The average Bonchev–Trinajstić information content (AvgIpc) is 2.48. The molecule has 0 aliphatic rings. The van der Waals surface area contributed by atoms with E-state index in [1.54, 1.807) is 25.1 Å². The van der Waals surface area contributed by atoms with Crippen LogP contribution in [-0.2, 0) is 15.7 Å². The van der Waals surface area contributed by atoms with Gasteiger partial charge in [-0.05, 0) is 29.8 Å². The molecule has 0 saturated carbocycles. The zero-order chi connectivity index (χ0) is 14.6. The Morgan fingerprint density at radius 2 is 1.85 bits per heavy atom. The second-order valence-electron chi connectivity index (χ2n) is 4.36. The van der Waals surface area contributed by atoms with Gasteiger partial charge in [-0.15, -0.1) is 11.6 Å². The molecule has 0 saturated heterocycles. The van der Waals surface area contributed by atoms with Gasteiger partial charge in [0.15, 0.2) is 9.84 Å². The molecule has 0 bridgehead atoms. The zero-order valence-corrected chi connectivity index (χ0v) is 12.7. The smallest absolute Gasteiger partial charge is 0.180 e. The molecule has 0 radical (unpaired) electrons. The Balaban J connectivity index is 2.39. The van der Waals surface area contributed by atoms with Crippen molar-refractivity contribution in [2.24, 2.45) is 0 Å². The van der Waals surface area contributed by atoms with Gasteiger partial charge in [-0.1, -0.05) is 31.2 Å². The number of rotatable bonds is 5. The molecule has 0 heterocycles. The van der Waals surface area contributed by atoms with Gasteiger partial charge in [-0.3, -0.25) is 0 Å². The highest BCUT2D eigenvalue weighted by molar-refractivity contribution is 7.91. The maximum Gasteiger partial charge on any atom is 0.180 e. The van der Waals surface area contributed by atoms with E-state index in [1.807, 2.05) is 30.3 Å². The van der Waals surface area contributed by atoms with Crippen molar-refractivity contribution in [3.05, 3.63) is 54.1 Å². The molecule has 0 aliphatic carbocycles. The summed E-state index contributed by atoms with van der Waals surface area (Å²) in [6.45, 7) is 1.64. The number of benzene rings is 2. The number of halogens is 1. The molecule has 2 aromatic carbocycles. The van der Waals surface area contributed by atoms with E-state index in [2.05, 4.69) is 5.32 Å². The molecule has 2 rings (SSSR count). The maximum atomic E-state index is 12.1. The molecular weight excluding hydrogens is 294 g/mol. The van der Waals surface area contributed by atoms with Crippen LogP contribution in [0.25, 0.3) is 0 Å². The largest absolute Gasteiger partial charge is 0.354 e. The van der Waals surface area contributed by atoms with Gasteiger partial charge in [0, 0.05) is 11.6 Å². The normalized spacial score (nSPS) is 11.3. The highest BCUT2D eigenvalue weighted by Gasteiger charge is 2.15. The Morgan fingerprint density at radius 3 is 2.55 bits per heavy atom. The predicted octanol–water partition coefficient (Wildman–Crippen LogP) is 3.96. The first-order valence-electron chi connectivity index (χ1n) is 6.30. The predicted molar refractivity (Wildman–Crippen MR) is 83.5 cm³/mol. The first kappa shape index (κ1) is 14.9. The van der Waals surface area contributed by atoms with E-state index in [1.165, 1.54) is 0 Å². The number of sulfone groups is 1. The monoisotopic (exact) mass is 309 g/mol. The van der Waals surface area contributed by atoms with E-state index < -0.39 is 9.84 Å². The second-order valence-corrected chi connectivity index (χ2v) is 6.87.